The Morgan fingerprint density at radius 3 is 2.83 bits per heavy atom. The molecule has 6 aliphatic rings. The fourth-order valence-electron chi connectivity index (χ4n) is 3.99. The molecule has 5 aliphatic heterocycles. The summed E-state index contributed by atoms with van der Waals surface area (Å²) in [6.07, 6.45) is 3.88. The Labute approximate surface area is 79.1 Å². The zero-order valence-corrected chi connectivity index (χ0v) is 7.89. The molecule has 6 bridgehead atoms. The molecule has 1 aliphatic carbocycles. The first-order valence-corrected chi connectivity index (χ1v) is 4.92. The van der Waals surface area contributed by atoms with E-state index in [0.717, 1.165) is 30.0 Å². The van der Waals surface area contributed by atoms with Gasteiger partial charge >= 0.3 is 0 Å². The van der Waals surface area contributed by atoms with E-state index in [1.807, 2.05) is 0 Å². The SMILES string of the molecule is C1C2CC3C4NC3N(C2)CC14.Cl. The van der Waals surface area contributed by atoms with Crippen LogP contribution in [0.1, 0.15) is 12.8 Å². The van der Waals surface area contributed by atoms with E-state index < -0.39 is 0 Å². The van der Waals surface area contributed by atoms with Gasteiger partial charge in [0.15, 0.2) is 0 Å². The average Bonchev–Trinajstić information content (AvgIpc) is 1.94. The van der Waals surface area contributed by atoms with Crippen LogP contribution in [-0.4, -0.2) is 30.2 Å². The van der Waals surface area contributed by atoms with Gasteiger partial charge in [-0.3, -0.25) is 10.2 Å². The van der Waals surface area contributed by atoms with Crippen molar-refractivity contribution in [2.45, 2.75) is 25.0 Å². The van der Waals surface area contributed by atoms with Gasteiger partial charge in [-0.15, -0.1) is 12.4 Å². The second-order valence-corrected chi connectivity index (χ2v) is 4.85. The van der Waals surface area contributed by atoms with Gasteiger partial charge in [-0.05, 0) is 24.7 Å². The molecule has 68 valence electrons. The molecule has 2 nitrogen and oxygen atoms in total. The van der Waals surface area contributed by atoms with Crippen molar-refractivity contribution in [1.82, 2.24) is 10.2 Å². The standard InChI is InChI=1S/C9H14N2.ClH/c1-5-2-7-8-6(1)4-11(3-5)9(7)10-8;/h5-10H,1-4H2;1H. The zero-order chi connectivity index (χ0) is 7.00. The molecule has 3 heteroatoms. The van der Waals surface area contributed by atoms with E-state index in [1.54, 1.807) is 0 Å². The van der Waals surface area contributed by atoms with Crippen molar-refractivity contribution < 1.29 is 0 Å². The summed E-state index contributed by atoms with van der Waals surface area (Å²) in [6.45, 7) is 2.81. The quantitative estimate of drug-likeness (QED) is 0.599. The lowest BCUT2D eigenvalue weighted by atomic mass is 9.59. The molecule has 0 aromatic rings. The lowest BCUT2D eigenvalue weighted by Crippen LogP contribution is -2.81. The van der Waals surface area contributed by atoms with E-state index >= 15 is 0 Å². The number of rotatable bonds is 0. The molecule has 0 radical (unpaired) electrons. The fourth-order valence-corrected chi connectivity index (χ4v) is 3.99. The van der Waals surface area contributed by atoms with Gasteiger partial charge in [-0.1, -0.05) is 0 Å². The third-order valence-electron chi connectivity index (χ3n) is 4.33. The Morgan fingerprint density at radius 1 is 1.17 bits per heavy atom. The van der Waals surface area contributed by atoms with Crippen molar-refractivity contribution in [3.63, 3.8) is 0 Å². The first-order valence-electron chi connectivity index (χ1n) is 4.92. The minimum Gasteiger partial charge on any atom is -0.298 e. The van der Waals surface area contributed by atoms with Gasteiger partial charge in [-0.2, -0.15) is 0 Å². The minimum atomic E-state index is 0. The third-order valence-corrected chi connectivity index (χ3v) is 4.33. The molecule has 5 saturated heterocycles. The summed E-state index contributed by atoms with van der Waals surface area (Å²) in [4.78, 5) is 2.69. The molecule has 12 heavy (non-hydrogen) atoms. The van der Waals surface area contributed by atoms with Crippen molar-refractivity contribution in [3.8, 4) is 0 Å². The van der Waals surface area contributed by atoms with Crippen LogP contribution >= 0.6 is 12.4 Å². The normalized spacial score (nSPS) is 64.0. The molecule has 6 atom stereocenters. The first-order chi connectivity index (χ1) is 5.42. The summed E-state index contributed by atoms with van der Waals surface area (Å²) in [5.41, 5.74) is 0. The van der Waals surface area contributed by atoms with Crippen molar-refractivity contribution in [2.75, 3.05) is 13.1 Å². The summed E-state index contributed by atoms with van der Waals surface area (Å²) < 4.78 is 0. The van der Waals surface area contributed by atoms with Crippen LogP contribution in [0.4, 0.5) is 0 Å². The molecule has 0 spiro atoms. The number of nitrogens with one attached hydrogen (secondary N) is 1. The van der Waals surface area contributed by atoms with Crippen LogP contribution in [0, 0.1) is 17.8 Å². The van der Waals surface area contributed by atoms with Gasteiger partial charge in [0, 0.05) is 25.0 Å². The van der Waals surface area contributed by atoms with Gasteiger partial charge in [0.25, 0.3) is 0 Å². The van der Waals surface area contributed by atoms with Crippen molar-refractivity contribution >= 4 is 12.4 Å². The van der Waals surface area contributed by atoms with Gasteiger partial charge in [0.2, 0.25) is 0 Å². The highest BCUT2D eigenvalue weighted by atomic mass is 35.5. The maximum Gasteiger partial charge on any atom is 0.0643 e. The van der Waals surface area contributed by atoms with Crippen LogP contribution in [0.2, 0.25) is 0 Å². The van der Waals surface area contributed by atoms with Crippen molar-refractivity contribution in [3.05, 3.63) is 0 Å². The highest BCUT2D eigenvalue weighted by Crippen LogP contribution is 2.51. The summed E-state index contributed by atoms with van der Waals surface area (Å²) >= 11 is 0. The molecule has 6 fully saturated rings. The van der Waals surface area contributed by atoms with Crippen LogP contribution in [0.15, 0.2) is 0 Å². The van der Waals surface area contributed by atoms with Gasteiger partial charge in [0.05, 0.1) is 6.17 Å². The second-order valence-electron chi connectivity index (χ2n) is 4.85. The first kappa shape index (κ1) is 7.60. The van der Waals surface area contributed by atoms with Crippen LogP contribution < -0.4 is 5.32 Å². The second kappa shape index (κ2) is 2.17. The Kier molecular flexibility index (Phi) is 1.37. The average molecular weight is 187 g/mol. The van der Waals surface area contributed by atoms with E-state index in [4.69, 9.17) is 0 Å². The van der Waals surface area contributed by atoms with Crippen LogP contribution in [0.25, 0.3) is 0 Å². The number of hydrogen-bond donors (Lipinski definition) is 1. The van der Waals surface area contributed by atoms with E-state index in [1.165, 1.54) is 25.9 Å². The highest BCUT2D eigenvalue weighted by Gasteiger charge is 2.59. The topological polar surface area (TPSA) is 15.3 Å². The summed E-state index contributed by atoms with van der Waals surface area (Å²) in [5, 5.41) is 3.69. The predicted molar refractivity (Wildman–Crippen MR) is 49.2 cm³/mol. The molecule has 6 unspecified atom stereocenters. The van der Waals surface area contributed by atoms with Gasteiger partial charge in [0.1, 0.15) is 0 Å². The van der Waals surface area contributed by atoms with Crippen LogP contribution in [0.3, 0.4) is 0 Å². The van der Waals surface area contributed by atoms with E-state index in [0.29, 0.717) is 0 Å². The molecular weight excluding hydrogens is 172 g/mol. The van der Waals surface area contributed by atoms with Crippen molar-refractivity contribution in [2.24, 2.45) is 17.8 Å². The highest BCUT2D eigenvalue weighted by molar-refractivity contribution is 5.85. The van der Waals surface area contributed by atoms with Crippen LogP contribution in [0.5, 0.6) is 0 Å². The monoisotopic (exact) mass is 186 g/mol. The zero-order valence-electron chi connectivity index (χ0n) is 7.07. The maximum absolute atomic E-state index is 3.69. The van der Waals surface area contributed by atoms with E-state index in [9.17, 15) is 0 Å². The Morgan fingerprint density at radius 2 is 2.08 bits per heavy atom. The molecule has 0 aromatic heterocycles. The molecule has 6 rings (SSSR count). The summed E-state index contributed by atoms with van der Waals surface area (Å²) in [7, 11) is 0. The lowest BCUT2D eigenvalue weighted by Gasteiger charge is -2.68. The maximum atomic E-state index is 3.69. The Balaban J connectivity index is 0.000000490. The Bertz CT molecular complexity index is 184. The van der Waals surface area contributed by atoms with E-state index in [-0.39, 0.29) is 12.4 Å². The molecular formula is C9H15ClN2. The summed E-state index contributed by atoms with van der Waals surface area (Å²) in [5.74, 6) is 3.16. The van der Waals surface area contributed by atoms with Crippen LogP contribution in [-0.2, 0) is 0 Å². The smallest absolute Gasteiger partial charge is 0.0643 e. The largest absolute Gasteiger partial charge is 0.298 e. The third kappa shape index (κ3) is 0.661. The number of hydrogen-bond acceptors (Lipinski definition) is 2. The molecule has 0 amide bonds. The lowest BCUT2D eigenvalue weighted by molar-refractivity contribution is -0.172. The van der Waals surface area contributed by atoms with Gasteiger partial charge in [-0.25, -0.2) is 0 Å². The van der Waals surface area contributed by atoms with Crippen molar-refractivity contribution in [1.29, 1.82) is 0 Å². The Hall–Kier alpha value is 0.210. The number of nitrogens with zero attached hydrogens (tertiary/aromatic N) is 1. The molecule has 0 aromatic carbocycles. The number of piperidine rings is 3. The predicted octanol–water partition coefficient (Wildman–Crippen LogP) is 0.678. The molecule has 1 saturated carbocycles. The molecule has 5 heterocycles. The summed E-state index contributed by atoms with van der Waals surface area (Å²) in [6, 6.07) is 0.938. The fraction of sp³-hybridized carbons (Fsp3) is 1.00. The van der Waals surface area contributed by atoms with E-state index in [2.05, 4.69) is 10.2 Å². The number of halogens is 1. The van der Waals surface area contributed by atoms with Gasteiger partial charge < -0.3 is 0 Å². The minimum absolute atomic E-state index is 0. The molecule has 1 N–H and O–H groups in total.